The lowest BCUT2D eigenvalue weighted by atomic mass is 10.0. The van der Waals surface area contributed by atoms with E-state index in [0.717, 1.165) is 6.04 Å². The van der Waals surface area contributed by atoms with E-state index in [1.165, 1.54) is 6.07 Å². The maximum absolute atomic E-state index is 13.6. The number of hydrogen-bond acceptors (Lipinski definition) is 3. The predicted molar refractivity (Wildman–Crippen MR) is 81.2 cm³/mol. The number of rotatable bonds is 6. The van der Waals surface area contributed by atoms with Crippen LogP contribution < -0.4 is 0 Å². The summed E-state index contributed by atoms with van der Waals surface area (Å²) < 4.78 is 19.4. The van der Waals surface area contributed by atoms with Crippen LogP contribution in [-0.4, -0.2) is 26.6 Å². The summed E-state index contributed by atoms with van der Waals surface area (Å²) in [6.45, 7) is 9.13. The lowest BCUT2D eigenvalue weighted by molar-refractivity contribution is 0.303. The molecule has 0 spiro atoms. The molecule has 1 aromatic rings. The van der Waals surface area contributed by atoms with Crippen LogP contribution in [0.15, 0.2) is 29.4 Å². The summed E-state index contributed by atoms with van der Waals surface area (Å²) in [5.74, 6) is -0.378. The van der Waals surface area contributed by atoms with Gasteiger partial charge in [-0.05, 0) is 24.1 Å². The van der Waals surface area contributed by atoms with Crippen LogP contribution in [0, 0.1) is 11.2 Å². The Hall–Kier alpha value is -1.20. The monoisotopic (exact) mass is 296 g/mol. The van der Waals surface area contributed by atoms with Gasteiger partial charge in [0.25, 0.3) is 0 Å². The van der Waals surface area contributed by atoms with Crippen molar-refractivity contribution < 1.29 is 14.0 Å². The standard InChI is InChI=1S/C15H23FNO2Si/c1-15(2,3)11-20(4)19-10-9-14(17-18)12-7-5-6-8-13(12)16/h5-8,18H,9-11H2,1-4H3/b17-14+. The second kappa shape index (κ2) is 7.55. The van der Waals surface area contributed by atoms with Gasteiger partial charge in [-0.2, -0.15) is 0 Å². The van der Waals surface area contributed by atoms with E-state index in [2.05, 4.69) is 32.5 Å². The first kappa shape index (κ1) is 16.9. The average Bonchev–Trinajstić information content (AvgIpc) is 2.34. The van der Waals surface area contributed by atoms with E-state index in [1.807, 2.05) is 0 Å². The van der Waals surface area contributed by atoms with Gasteiger partial charge in [-0.15, -0.1) is 0 Å². The van der Waals surface area contributed by atoms with E-state index in [4.69, 9.17) is 9.63 Å². The Morgan fingerprint density at radius 2 is 2.00 bits per heavy atom. The van der Waals surface area contributed by atoms with Crippen LogP contribution in [0.4, 0.5) is 4.39 Å². The van der Waals surface area contributed by atoms with Gasteiger partial charge in [-0.25, -0.2) is 4.39 Å². The molecule has 0 unspecified atom stereocenters. The highest BCUT2D eigenvalue weighted by molar-refractivity contribution is 6.50. The Balaban J connectivity index is 2.50. The summed E-state index contributed by atoms with van der Waals surface area (Å²) in [5, 5.41) is 12.2. The molecule has 1 N–H and O–H groups in total. The minimum atomic E-state index is -0.872. The molecule has 0 aromatic heterocycles. The van der Waals surface area contributed by atoms with E-state index in [1.54, 1.807) is 18.2 Å². The van der Waals surface area contributed by atoms with Gasteiger partial charge in [0.1, 0.15) is 5.82 Å². The highest BCUT2D eigenvalue weighted by Crippen LogP contribution is 2.22. The number of hydrogen-bond donors (Lipinski definition) is 1. The lowest BCUT2D eigenvalue weighted by Gasteiger charge is -2.21. The second-order valence-corrected chi connectivity index (χ2v) is 8.11. The van der Waals surface area contributed by atoms with E-state index in [-0.39, 0.29) is 11.2 Å². The molecule has 0 aliphatic carbocycles. The van der Waals surface area contributed by atoms with Crippen LogP contribution in [0.5, 0.6) is 0 Å². The van der Waals surface area contributed by atoms with Crippen molar-refractivity contribution in [2.75, 3.05) is 6.61 Å². The Morgan fingerprint density at radius 1 is 1.35 bits per heavy atom. The maximum atomic E-state index is 13.6. The Labute approximate surface area is 122 Å². The van der Waals surface area contributed by atoms with Crippen molar-refractivity contribution in [1.82, 2.24) is 0 Å². The van der Waals surface area contributed by atoms with Crippen molar-refractivity contribution in [3.05, 3.63) is 35.6 Å². The lowest BCUT2D eigenvalue weighted by Crippen LogP contribution is -2.22. The summed E-state index contributed by atoms with van der Waals surface area (Å²) in [5.41, 5.74) is 0.913. The zero-order chi connectivity index (χ0) is 15.2. The van der Waals surface area contributed by atoms with Crippen LogP contribution in [0.1, 0.15) is 32.8 Å². The summed E-state index contributed by atoms with van der Waals surface area (Å²) >= 11 is 0. The minimum Gasteiger partial charge on any atom is -0.416 e. The first-order chi connectivity index (χ1) is 9.33. The molecule has 0 amide bonds. The third-order valence-corrected chi connectivity index (χ3v) is 5.03. The molecular weight excluding hydrogens is 273 g/mol. The SMILES string of the molecule is C[Si](CC(C)(C)C)OCC/C(=N\O)c1ccccc1F. The molecule has 1 aromatic carbocycles. The molecule has 1 rings (SSSR count). The van der Waals surface area contributed by atoms with Crippen molar-refractivity contribution in [3.63, 3.8) is 0 Å². The van der Waals surface area contributed by atoms with Crippen molar-refractivity contribution in [1.29, 1.82) is 0 Å². The zero-order valence-corrected chi connectivity index (χ0v) is 13.6. The number of halogens is 1. The Kier molecular flexibility index (Phi) is 6.36. The van der Waals surface area contributed by atoms with Crippen LogP contribution >= 0.6 is 0 Å². The molecule has 1 radical (unpaired) electrons. The molecule has 0 fully saturated rings. The normalized spacial score (nSPS) is 13.0. The van der Waals surface area contributed by atoms with Gasteiger partial charge in [0.15, 0.2) is 0 Å². The van der Waals surface area contributed by atoms with Crippen LogP contribution in [0.3, 0.4) is 0 Å². The highest BCUT2D eigenvalue weighted by Gasteiger charge is 2.18. The van der Waals surface area contributed by atoms with Crippen LogP contribution in [0.2, 0.25) is 12.6 Å². The van der Waals surface area contributed by atoms with E-state index >= 15 is 0 Å². The molecule has 0 heterocycles. The first-order valence-corrected chi connectivity index (χ1v) is 8.86. The zero-order valence-electron chi connectivity index (χ0n) is 12.6. The van der Waals surface area contributed by atoms with Crippen molar-refractivity contribution in [2.24, 2.45) is 10.6 Å². The topological polar surface area (TPSA) is 41.8 Å². The quantitative estimate of drug-likeness (QED) is 0.372. The van der Waals surface area contributed by atoms with Crippen LogP contribution in [-0.2, 0) is 4.43 Å². The highest BCUT2D eigenvalue weighted by atomic mass is 28.3. The van der Waals surface area contributed by atoms with Crippen LogP contribution in [0.25, 0.3) is 0 Å². The van der Waals surface area contributed by atoms with Gasteiger partial charge in [0.05, 0.1) is 5.71 Å². The second-order valence-electron chi connectivity index (χ2n) is 6.06. The third kappa shape index (κ3) is 5.84. The summed E-state index contributed by atoms with van der Waals surface area (Å²) in [4.78, 5) is 0. The molecule has 0 saturated heterocycles. The fourth-order valence-corrected chi connectivity index (χ4v) is 4.10. The van der Waals surface area contributed by atoms with Crippen molar-refractivity contribution >= 4 is 14.8 Å². The molecule has 3 nitrogen and oxygen atoms in total. The summed E-state index contributed by atoms with van der Waals surface area (Å²) in [6, 6.07) is 7.34. The number of oxime groups is 1. The van der Waals surface area contributed by atoms with Gasteiger partial charge in [-0.1, -0.05) is 44.1 Å². The number of nitrogens with zero attached hydrogens (tertiary/aromatic N) is 1. The van der Waals surface area contributed by atoms with Gasteiger partial charge in [0.2, 0.25) is 9.04 Å². The maximum Gasteiger partial charge on any atom is 0.208 e. The molecule has 0 saturated carbocycles. The van der Waals surface area contributed by atoms with Gasteiger partial charge < -0.3 is 9.63 Å². The molecule has 20 heavy (non-hydrogen) atoms. The predicted octanol–water partition coefficient (Wildman–Crippen LogP) is 4.08. The van der Waals surface area contributed by atoms with Gasteiger partial charge in [-0.3, -0.25) is 0 Å². The molecule has 0 aliphatic rings. The van der Waals surface area contributed by atoms with Crippen molar-refractivity contribution in [3.8, 4) is 0 Å². The fourth-order valence-electron chi connectivity index (χ4n) is 2.05. The van der Waals surface area contributed by atoms with Gasteiger partial charge >= 0.3 is 0 Å². The molecule has 0 atom stereocenters. The summed E-state index contributed by atoms with van der Waals surface area (Å²) in [6.07, 6.45) is 0.406. The first-order valence-electron chi connectivity index (χ1n) is 6.74. The average molecular weight is 296 g/mol. The molecule has 111 valence electrons. The van der Waals surface area contributed by atoms with E-state index < -0.39 is 9.04 Å². The third-order valence-electron chi connectivity index (χ3n) is 2.77. The van der Waals surface area contributed by atoms with E-state index in [0.29, 0.717) is 24.3 Å². The molecule has 0 bridgehead atoms. The van der Waals surface area contributed by atoms with E-state index in [9.17, 15) is 4.39 Å². The van der Waals surface area contributed by atoms with Crippen molar-refractivity contribution in [2.45, 2.75) is 39.8 Å². The Bertz CT molecular complexity index is 457. The molecule has 0 aliphatic heterocycles. The Morgan fingerprint density at radius 3 is 2.55 bits per heavy atom. The van der Waals surface area contributed by atoms with Gasteiger partial charge in [0, 0.05) is 18.6 Å². The molecular formula is C15H23FNO2Si. The number of benzene rings is 1. The largest absolute Gasteiger partial charge is 0.416 e. The summed E-state index contributed by atoms with van der Waals surface area (Å²) in [7, 11) is -0.872. The molecule has 5 heteroatoms. The minimum absolute atomic E-state index is 0.252. The smallest absolute Gasteiger partial charge is 0.208 e. The fraction of sp³-hybridized carbons (Fsp3) is 0.533.